The number of nitriles is 1. The SMILES string of the molecule is N#Cc1ccc(Cc2nccn2Cc2ccc(-c3ccccc3Cl)cc2)cc1. The number of hydrogen-bond donors (Lipinski definition) is 0. The van der Waals surface area contributed by atoms with Gasteiger partial charge in [-0.1, -0.05) is 66.2 Å². The Balaban J connectivity index is 1.50. The van der Waals surface area contributed by atoms with Crippen molar-refractivity contribution in [3.05, 3.63) is 113 Å². The summed E-state index contributed by atoms with van der Waals surface area (Å²) in [6.45, 7) is 0.758. The van der Waals surface area contributed by atoms with E-state index < -0.39 is 0 Å². The van der Waals surface area contributed by atoms with E-state index in [-0.39, 0.29) is 0 Å². The van der Waals surface area contributed by atoms with Gasteiger partial charge < -0.3 is 4.57 Å². The van der Waals surface area contributed by atoms with Gasteiger partial charge in [-0.3, -0.25) is 0 Å². The standard InChI is InChI=1S/C24H18ClN3/c25-23-4-2-1-3-22(23)21-11-9-20(10-12-21)17-28-14-13-27-24(28)15-18-5-7-19(16-26)8-6-18/h1-14H,15,17H2. The summed E-state index contributed by atoms with van der Waals surface area (Å²) in [6.07, 6.45) is 4.56. The molecule has 0 radical (unpaired) electrons. The zero-order valence-corrected chi connectivity index (χ0v) is 16.0. The van der Waals surface area contributed by atoms with Crippen LogP contribution in [0, 0.1) is 11.3 Å². The molecule has 0 amide bonds. The van der Waals surface area contributed by atoms with Gasteiger partial charge in [0.15, 0.2) is 0 Å². The van der Waals surface area contributed by atoms with Gasteiger partial charge in [0, 0.05) is 35.9 Å². The molecule has 4 rings (SSSR count). The minimum atomic E-state index is 0.672. The predicted molar refractivity (Wildman–Crippen MR) is 112 cm³/mol. The van der Waals surface area contributed by atoms with Crippen molar-refractivity contribution in [1.29, 1.82) is 5.26 Å². The molecular weight excluding hydrogens is 366 g/mol. The lowest BCUT2D eigenvalue weighted by Gasteiger charge is -2.10. The van der Waals surface area contributed by atoms with Crippen molar-refractivity contribution in [2.24, 2.45) is 0 Å². The molecule has 0 saturated heterocycles. The molecule has 0 aliphatic rings. The van der Waals surface area contributed by atoms with Crippen molar-refractivity contribution in [1.82, 2.24) is 9.55 Å². The third kappa shape index (κ3) is 3.98. The Morgan fingerprint density at radius 2 is 1.61 bits per heavy atom. The maximum Gasteiger partial charge on any atom is 0.113 e. The van der Waals surface area contributed by atoms with Crippen LogP contribution in [0.1, 0.15) is 22.5 Å². The zero-order valence-electron chi connectivity index (χ0n) is 15.2. The summed E-state index contributed by atoms with van der Waals surface area (Å²) in [6, 6.07) is 26.1. The Labute approximate surface area is 169 Å². The minimum absolute atomic E-state index is 0.672. The van der Waals surface area contributed by atoms with E-state index in [1.165, 1.54) is 5.56 Å². The number of hydrogen-bond acceptors (Lipinski definition) is 2. The van der Waals surface area contributed by atoms with E-state index in [1.807, 2.05) is 60.9 Å². The van der Waals surface area contributed by atoms with Gasteiger partial charge in [0.05, 0.1) is 11.6 Å². The van der Waals surface area contributed by atoms with Crippen LogP contribution in [0.25, 0.3) is 11.1 Å². The Kier molecular flexibility index (Phi) is 5.23. The van der Waals surface area contributed by atoms with E-state index in [2.05, 4.69) is 39.9 Å². The maximum atomic E-state index is 8.93. The fourth-order valence-corrected chi connectivity index (χ4v) is 3.46. The first-order valence-electron chi connectivity index (χ1n) is 9.06. The second-order valence-corrected chi connectivity index (χ2v) is 7.04. The number of halogens is 1. The third-order valence-electron chi connectivity index (χ3n) is 4.74. The van der Waals surface area contributed by atoms with Gasteiger partial charge in [-0.2, -0.15) is 5.26 Å². The maximum absolute atomic E-state index is 8.93. The molecule has 0 saturated carbocycles. The molecule has 0 aliphatic carbocycles. The van der Waals surface area contributed by atoms with Crippen LogP contribution in [0.15, 0.2) is 85.2 Å². The summed E-state index contributed by atoms with van der Waals surface area (Å²) in [5.74, 6) is 1.000. The average Bonchev–Trinajstić information content (AvgIpc) is 3.16. The summed E-state index contributed by atoms with van der Waals surface area (Å²) in [5.41, 5.74) is 5.17. The van der Waals surface area contributed by atoms with Crippen LogP contribution in [0.3, 0.4) is 0 Å². The lowest BCUT2D eigenvalue weighted by Crippen LogP contribution is -2.05. The number of benzene rings is 3. The molecule has 0 atom stereocenters. The first-order valence-corrected chi connectivity index (χ1v) is 9.43. The molecule has 4 aromatic rings. The zero-order chi connectivity index (χ0) is 19.3. The van der Waals surface area contributed by atoms with Crippen molar-refractivity contribution >= 4 is 11.6 Å². The lowest BCUT2D eigenvalue weighted by molar-refractivity contribution is 0.740. The van der Waals surface area contributed by atoms with E-state index in [9.17, 15) is 0 Å². The largest absolute Gasteiger partial charge is 0.330 e. The second-order valence-electron chi connectivity index (χ2n) is 6.63. The van der Waals surface area contributed by atoms with Crippen LogP contribution >= 0.6 is 11.6 Å². The van der Waals surface area contributed by atoms with E-state index in [0.717, 1.165) is 40.5 Å². The molecule has 28 heavy (non-hydrogen) atoms. The Hall–Kier alpha value is -3.35. The monoisotopic (exact) mass is 383 g/mol. The number of imidazole rings is 1. The molecule has 136 valence electrons. The molecule has 0 unspecified atom stereocenters. The average molecular weight is 384 g/mol. The number of nitrogens with zero attached hydrogens (tertiary/aromatic N) is 3. The van der Waals surface area contributed by atoms with Gasteiger partial charge in [0.2, 0.25) is 0 Å². The lowest BCUT2D eigenvalue weighted by atomic mass is 10.0. The summed E-state index contributed by atoms with van der Waals surface area (Å²) in [5, 5.41) is 9.69. The van der Waals surface area contributed by atoms with Crippen molar-refractivity contribution in [3.63, 3.8) is 0 Å². The molecule has 1 aromatic heterocycles. The summed E-state index contributed by atoms with van der Waals surface area (Å²) < 4.78 is 2.16. The molecule has 0 fully saturated rings. The molecule has 0 N–H and O–H groups in total. The summed E-state index contributed by atoms with van der Waals surface area (Å²) in [4.78, 5) is 4.51. The molecule has 1 heterocycles. The third-order valence-corrected chi connectivity index (χ3v) is 5.07. The Bertz CT molecular complexity index is 1120. The molecule has 0 bridgehead atoms. The van der Waals surface area contributed by atoms with E-state index in [4.69, 9.17) is 16.9 Å². The van der Waals surface area contributed by atoms with Crippen LogP contribution in [0.5, 0.6) is 0 Å². The molecule has 3 aromatic carbocycles. The molecule has 0 spiro atoms. The van der Waals surface area contributed by atoms with Gasteiger partial charge in [-0.15, -0.1) is 0 Å². The van der Waals surface area contributed by atoms with Crippen LogP contribution < -0.4 is 0 Å². The molecule has 0 aliphatic heterocycles. The first-order chi connectivity index (χ1) is 13.7. The van der Waals surface area contributed by atoms with Gasteiger partial charge in [0.1, 0.15) is 5.82 Å². The number of aromatic nitrogens is 2. The first kappa shape index (κ1) is 18.0. The number of rotatable bonds is 5. The van der Waals surface area contributed by atoms with E-state index in [1.54, 1.807) is 0 Å². The van der Waals surface area contributed by atoms with Crippen molar-refractivity contribution in [2.45, 2.75) is 13.0 Å². The van der Waals surface area contributed by atoms with Crippen molar-refractivity contribution in [3.8, 4) is 17.2 Å². The van der Waals surface area contributed by atoms with Crippen LogP contribution in [-0.4, -0.2) is 9.55 Å². The van der Waals surface area contributed by atoms with E-state index in [0.29, 0.717) is 5.56 Å². The normalized spacial score (nSPS) is 10.6. The van der Waals surface area contributed by atoms with E-state index >= 15 is 0 Å². The fraction of sp³-hybridized carbons (Fsp3) is 0.0833. The van der Waals surface area contributed by atoms with Crippen LogP contribution in [-0.2, 0) is 13.0 Å². The fourth-order valence-electron chi connectivity index (χ4n) is 3.21. The predicted octanol–water partition coefficient (Wildman–Crippen LogP) is 5.71. The summed E-state index contributed by atoms with van der Waals surface area (Å²) in [7, 11) is 0. The highest BCUT2D eigenvalue weighted by atomic mass is 35.5. The highest BCUT2D eigenvalue weighted by Gasteiger charge is 2.07. The minimum Gasteiger partial charge on any atom is -0.330 e. The molecule has 4 heteroatoms. The van der Waals surface area contributed by atoms with Gasteiger partial charge in [-0.05, 0) is 34.9 Å². The molecule has 3 nitrogen and oxygen atoms in total. The topological polar surface area (TPSA) is 41.6 Å². The van der Waals surface area contributed by atoms with Crippen LogP contribution in [0.2, 0.25) is 5.02 Å². The highest BCUT2D eigenvalue weighted by Crippen LogP contribution is 2.27. The quantitative estimate of drug-likeness (QED) is 0.442. The smallest absolute Gasteiger partial charge is 0.113 e. The Morgan fingerprint density at radius 3 is 2.32 bits per heavy atom. The van der Waals surface area contributed by atoms with Crippen molar-refractivity contribution < 1.29 is 0 Å². The van der Waals surface area contributed by atoms with Crippen LogP contribution in [0.4, 0.5) is 0 Å². The van der Waals surface area contributed by atoms with Gasteiger partial charge in [-0.25, -0.2) is 4.98 Å². The second kappa shape index (κ2) is 8.12. The van der Waals surface area contributed by atoms with Gasteiger partial charge >= 0.3 is 0 Å². The highest BCUT2D eigenvalue weighted by molar-refractivity contribution is 6.33. The van der Waals surface area contributed by atoms with Gasteiger partial charge in [0.25, 0.3) is 0 Å². The molecular formula is C24H18ClN3. The van der Waals surface area contributed by atoms with Crippen molar-refractivity contribution in [2.75, 3.05) is 0 Å². The Morgan fingerprint density at radius 1 is 0.893 bits per heavy atom. The summed E-state index contributed by atoms with van der Waals surface area (Å²) >= 11 is 6.30.